The molecule has 1 fully saturated rings. The van der Waals surface area contributed by atoms with Gasteiger partial charge in [0.05, 0.1) is 7.11 Å². The fraction of sp³-hybridized carbons (Fsp3) is 0.591. The topological polar surface area (TPSA) is 123 Å². The van der Waals surface area contributed by atoms with Crippen molar-refractivity contribution in [2.24, 2.45) is 0 Å². The second-order valence-electron chi connectivity index (χ2n) is 9.31. The smallest absolute Gasteiger partial charge is 0.252 e. The van der Waals surface area contributed by atoms with E-state index >= 15 is 0 Å². The van der Waals surface area contributed by atoms with Crippen molar-refractivity contribution < 1.29 is 22.5 Å². The van der Waals surface area contributed by atoms with E-state index in [4.69, 9.17) is 9.26 Å². The van der Waals surface area contributed by atoms with E-state index in [-0.39, 0.29) is 16.2 Å². The number of aryl methyl sites for hydroxylation is 1. The Morgan fingerprint density at radius 2 is 1.81 bits per heavy atom. The summed E-state index contributed by atoms with van der Waals surface area (Å²) in [6.07, 6.45) is 5.35. The van der Waals surface area contributed by atoms with E-state index in [0.29, 0.717) is 24.6 Å². The lowest BCUT2D eigenvalue weighted by Gasteiger charge is -2.31. The standard InChI is InChI=1S/C22H32N4O5S/c1-15-23-20(25-31-15)22(12-8-6-7-9-13-22)24-19(27)16-10-11-17(30-5)18(14-16)32(28,29)26-21(2,3)4/h10-11,14,26H,6-9,12-13H2,1-5H3,(H,24,27). The zero-order valence-electron chi connectivity index (χ0n) is 19.3. The lowest BCUT2D eigenvalue weighted by molar-refractivity contribution is 0.0876. The molecule has 0 spiro atoms. The minimum atomic E-state index is -3.91. The number of nitrogens with one attached hydrogen (secondary N) is 2. The quantitative estimate of drug-likeness (QED) is 0.628. The molecule has 1 aromatic heterocycles. The van der Waals surface area contributed by atoms with Gasteiger partial charge in [-0.2, -0.15) is 4.98 Å². The molecule has 0 atom stereocenters. The molecule has 1 heterocycles. The Bertz CT molecular complexity index is 1060. The third-order valence-electron chi connectivity index (χ3n) is 5.42. The molecular formula is C22H32N4O5S. The second kappa shape index (κ2) is 9.19. The van der Waals surface area contributed by atoms with Crippen LogP contribution in [0, 0.1) is 6.92 Å². The monoisotopic (exact) mass is 464 g/mol. The number of amides is 1. The van der Waals surface area contributed by atoms with Crippen LogP contribution in [0.4, 0.5) is 0 Å². The lowest BCUT2D eigenvalue weighted by Crippen LogP contribution is -2.46. The third-order valence-corrected chi connectivity index (χ3v) is 7.20. The molecule has 2 N–H and O–H groups in total. The molecule has 3 rings (SSSR count). The SMILES string of the molecule is COc1ccc(C(=O)NC2(c3noc(C)n3)CCCCCC2)cc1S(=O)(=O)NC(C)(C)C. The average Bonchev–Trinajstić information content (AvgIpc) is 3.01. The molecule has 176 valence electrons. The van der Waals surface area contributed by atoms with Crippen molar-refractivity contribution in [2.75, 3.05) is 7.11 Å². The summed E-state index contributed by atoms with van der Waals surface area (Å²) in [4.78, 5) is 17.6. The maximum absolute atomic E-state index is 13.3. The number of benzene rings is 1. The Morgan fingerprint density at radius 1 is 1.16 bits per heavy atom. The summed E-state index contributed by atoms with van der Waals surface area (Å²) >= 11 is 0. The minimum absolute atomic E-state index is 0.0899. The van der Waals surface area contributed by atoms with E-state index in [1.807, 2.05) is 0 Å². The van der Waals surface area contributed by atoms with Crippen molar-refractivity contribution in [3.63, 3.8) is 0 Å². The number of hydrogen-bond acceptors (Lipinski definition) is 7. The van der Waals surface area contributed by atoms with Crippen LogP contribution in [0.3, 0.4) is 0 Å². The van der Waals surface area contributed by atoms with Crippen LogP contribution in [0.1, 0.15) is 81.4 Å². The Hall–Kier alpha value is -2.46. The van der Waals surface area contributed by atoms with Gasteiger partial charge >= 0.3 is 0 Å². The van der Waals surface area contributed by atoms with Crippen molar-refractivity contribution in [1.82, 2.24) is 20.2 Å². The van der Waals surface area contributed by atoms with Crippen LogP contribution in [0.5, 0.6) is 5.75 Å². The molecule has 0 aliphatic heterocycles. The van der Waals surface area contributed by atoms with Gasteiger partial charge < -0.3 is 14.6 Å². The molecule has 1 aliphatic rings. The predicted molar refractivity (Wildman–Crippen MR) is 119 cm³/mol. The van der Waals surface area contributed by atoms with Crippen LogP contribution in [0.15, 0.2) is 27.6 Å². The summed E-state index contributed by atoms with van der Waals surface area (Å²) in [5.41, 5.74) is -1.24. The van der Waals surface area contributed by atoms with Gasteiger partial charge in [0.2, 0.25) is 15.9 Å². The summed E-state index contributed by atoms with van der Waals surface area (Å²) < 4.78 is 39.0. The van der Waals surface area contributed by atoms with Gasteiger partial charge in [0, 0.05) is 18.0 Å². The van der Waals surface area contributed by atoms with E-state index in [9.17, 15) is 13.2 Å². The summed E-state index contributed by atoms with van der Waals surface area (Å²) in [6.45, 7) is 6.95. The highest BCUT2D eigenvalue weighted by molar-refractivity contribution is 7.89. The van der Waals surface area contributed by atoms with Crippen LogP contribution >= 0.6 is 0 Å². The number of carbonyl (C=O) groups excluding carboxylic acids is 1. The van der Waals surface area contributed by atoms with E-state index in [1.54, 1.807) is 33.8 Å². The van der Waals surface area contributed by atoms with E-state index in [0.717, 1.165) is 25.7 Å². The van der Waals surface area contributed by atoms with Gasteiger partial charge in [-0.3, -0.25) is 4.79 Å². The fourth-order valence-electron chi connectivity index (χ4n) is 4.01. The van der Waals surface area contributed by atoms with Crippen molar-refractivity contribution >= 4 is 15.9 Å². The van der Waals surface area contributed by atoms with E-state index in [1.165, 1.54) is 19.2 Å². The fourth-order valence-corrected chi connectivity index (χ4v) is 5.62. The normalized spacial score (nSPS) is 16.9. The number of rotatable bonds is 6. The van der Waals surface area contributed by atoms with Gasteiger partial charge in [-0.05, 0) is 51.8 Å². The minimum Gasteiger partial charge on any atom is -0.495 e. The van der Waals surface area contributed by atoms with E-state index in [2.05, 4.69) is 20.2 Å². The third kappa shape index (κ3) is 5.47. The zero-order chi connectivity index (χ0) is 23.6. The van der Waals surface area contributed by atoms with Crippen LogP contribution in [-0.4, -0.2) is 37.1 Å². The number of ether oxygens (including phenoxy) is 1. The van der Waals surface area contributed by atoms with Gasteiger partial charge in [-0.15, -0.1) is 0 Å². The molecule has 32 heavy (non-hydrogen) atoms. The van der Waals surface area contributed by atoms with E-state index < -0.39 is 27.0 Å². The molecule has 0 saturated heterocycles. The van der Waals surface area contributed by atoms with Crippen molar-refractivity contribution in [3.05, 3.63) is 35.5 Å². The lowest BCUT2D eigenvalue weighted by atomic mass is 9.88. The first-order valence-electron chi connectivity index (χ1n) is 10.8. The first-order valence-corrected chi connectivity index (χ1v) is 12.3. The summed E-state index contributed by atoms with van der Waals surface area (Å²) in [5, 5.41) is 7.20. The molecule has 0 bridgehead atoms. The molecule has 0 radical (unpaired) electrons. The van der Waals surface area contributed by atoms with Gasteiger partial charge in [0.1, 0.15) is 16.2 Å². The molecule has 1 aliphatic carbocycles. The van der Waals surface area contributed by atoms with Crippen molar-refractivity contribution in [1.29, 1.82) is 0 Å². The Labute approximate surface area is 189 Å². The highest BCUT2D eigenvalue weighted by Gasteiger charge is 2.39. The highest BCUT2D eigenvalue weighted by atomic mass is 32.2. The summed E-state index contributed by atoms with van der Waals surface area (Å²) in [7, 11) is -2.52. The number of aromatic nitrogens is 2. The number of carbonyl (C=O) groups is 1. The maximum Gasteiger partial charge on any atom is 0.252 e. The maximum atomic E-state index is 13.3. The Balaban J connectivity index is 1.97. The number of nitrogens with zero attached hydrogens (tertiary/aromatic N) is 2. The average molecular weight is 465 g/mol. The molecule has 0 unspecified atom stereocenters. The molecule has 2 aromatic rings. The first kappa shape index (κ1) is 24.2. The summed E-state index contributed by atoms with van der Waals surface area (Å²) in [5.74, 6) is 0.658. The molecule has 10 heteroatoms. The van der Waals surface area contributed by atoms with Crippen LogP contribution in [-0.2, 0) is 15.6 Å². The Kier molecular flexibility index (Phi) is 6.94. The highest BCUT2D eigenvalue weighted by Crippen LogP contribution is 2.35. The molecule has 1 saturated carbocycles. The van der Waals surface area contributed by atoms with Crippen molar-refractivity contribution in [3.8, 4) is 5.75 Å². The largest absolute Gasteiger partial charge is 0.495 e. The van der Waals surface area contributed by atoms with Crippen LogP contribution in [0.2, 0.25) is 0 Å². The van der Waals surface area contributed by atoms with Gasteiger partial charge in [0.15, 0.2) is 5.82 Å². The number of sulfonamides is 1. The number of hydrogen-bond donors (Lipinski definition) is 2. The van der Waals surface area contributed by atoms with Gasteiger partial charge in [-0.25, -0.2) is 13.1 Å². The van der Waals surface area contributed by atoms with Crippen LogP contribution in [0.25, 0.3) is 0 Å². The van der Waals surface area contributed by atoms with Crippen LogP contribution < -0.4 is 14.8 Å². The van der Waals surface area contributed by atoms with Gasteiger partial charge in [0.25, 0.3) is 5.91 Å². The Morgan fingerprint density at radius 3 is 2.34 bits per heavy atom. The predicted octanol–water partition coefficient (Wildman–Crippen LogP) is 3.44. The second-order valence-corrected chi connectivity index (χ2v) is 11.0. The summed E-state index contributed by atoms with van der Waals surface area (Å²) in [6, 6.07) is 4.38. The van der Waals surface area contributed by atoms with Gasteiger partial charge in [-0.1, -0.05) is 30.8 Å². The molecule has 1 amide bonds. The first-order chi connectivity index (χ1) is 15.0. The number of methoxy groups -OCH3 is 1. The molecular weight excluding hydrogens is 432 g/mol. The van der Waals surface area contributed by atoms with Crippen molar-refractivity contribution in [2.45, 2.75) is 82.2 Å². The molecule has 1 aromatic carbocycles. The molecule has 9 nitrogen and oxygen atoms in total. The zero-order valence-corrected chi connectivity index (χ0v) is 20.1.